The second kappa shape index (κ2) is 54.7. The normalized spacial score (nSPS) is 12.9. The molecule has 1 amide bonds. The van der Waals surface area contributed by atoms with Crippen LogP contribution in [0.15, 0.2) is 36.5 Å². The molecule has 6 nitrogen and oxygen atoms in total. The summed E-state index contributed by atoms with van der Waals surface area (Å²) in [6.45, 7) is 4.86. The van der Waals surface area contributed by atoms with Gasteiger partial charge >= 0.3 is 5.97 Å². The summed E-state index contributed by atoms with van der Waals surface area (Å²) in [4.78, 5) is 24.5. The predicted molar refractivity (Wildman–Crippen MR) is 283 cm³/mol. The highest BCUT2D eigenvalue weighted by Crippen LogP contribution is 2.17. The van der Waals surface area contributed by atoms with Gasteiger partial charge in [0.05, 0.1) is 25.4 Å². The molecule has 65 heavy (non-hydrogen) atoms. The third-order valence-electron chi connectivity index (χ3n) is 13.2. The van der Waals surface area contributed by atoms with Gasteiger partial charge in [-0.05, 0) is 77.0 Å². The molecule has 0 rings (SSSR count). The van der Waals surface area contributed by atoms with Gasteiger partial charge in [-0.25, -0.2) is 0 Å². The van der Waals surface area contributed by atoms with E-state index in [2.05, 4.69) is 55.6 Å². The van der Waals surface area contributed by atoms with Gasteiger partial charge in [-0.1, -0.05) is 249 Å². The Labute approximate surface area is 404 Å². The van der Waals surface area contributed by atoms with Gasteiger partial charge in [0.2, 0.25) is 5.91 Å². The first-order valence-electron chi connectivity index (χ1n) is 28.7. The fourth-order valence-corrected chi connectivity index (χ4v) is 8.73. The number of carbonyl (C=O) groups is 2. The number of ether oxygens (including phenoxy) is 1. The molecule has 382 valence electrons. The molecule has 6 heteroatoms. The van der Waals surface area contributed by atoms with E-state index in [1.807, 2.05) is 0 Å². The lowest BCUT2D eigenvalue weighted by Crippen LogP contribution is -2.45. The summed E-state index contributed by atoms with van der Waals surface area (Å²) in [5, 5.41) is 23.3. The largest absolute Gasteiger partial charge is 0.466 e. The first-order chi connectivity index (χ1) is 32.0. The van der Waals surface area contributed by atoms with E-state index >= 15 is 0 Å². The molecule has 0 bridgehead atoms. The molecule has 0 heterocycles. The number of aliphatic hydroxyl groups excluding tert-OH is 2. The summed E-state index contributed by atoms with van der Waals surface area (Å²) in [6, 6.07) is -0.581. The Kier molecular flexibility index (Phi) is 53.1. The zero-order chi connectivity index (χ0) is 47.2. The second-order valence-electron chi connectivity index (χ2n) is 19.6. The summed E-state index contributed by atoms with van der Waals surface area (Å²) in [5.41, 5.74) is 0. The molecule has 2 unspecified atom stereocenters. The molecule has 0 aliphatic carbocycles. The molecule has 3 N–H and O–H groups in total. The quantitative estimate of drug-likeness (QED) is 0.0321. The minimum Gasteiger partial charge on any atom is -0.466 e. The molecule has 2 atom stereocenters. The SMILES string of the molecule is CCCCCC/C=C\C/C=C\CCCCCCCCCC(=O)OCCCCCC/C=C\CCCC(=O)NC(CO)C(O)CCCCCCCCCCCCCCCCCCCCCCC. The Morgan fingerprint density at radius 2 is 0.785 bits per heavy atom. The molecular formula is C59H111NO5. The van der Waals surface area contributed by atoms with E-state index in [0.29, 0.717) is 25.9 Å². The monoisotopic (exact) mass is 914 g/mol. The van der Waals surface area contributed by atoms with Gasteiger partial charge in [0.25, 0.3) is 0 Å². The minimum atomic E-state index is -0.697. The van der Waals surface area contributed by atoms with Crippen LogP contribution in [0.4, 0.5) is 0 Å². The smallest absolute Gasteiger partial charge is 0.305 e. The standard InChI is InChI=1S/C59H111NO5/c1-3-5-7-9-11-13-15-17-19-21-23-24-25-26-28-30-32-35-39-43-47-51-57(62)56(55-61)60-58(63)52-48-44-40-36-34-38-42-46-50-54-65-59(64)53-49-45-41-37-33-31-29-27-22-20-18-16-14-12-10-8-6-4-2/h14,16,20,22,36,40,56-57,61-62H,3-13,15,17-19,21,23-35,37-39,41-55H2,1-2H3,(H,60,63)/b16-14-,22-20-,40-36-. The summed E-state index contributed by atoms with van der Waals surface area (Å²) < 4.78 is 5.45. The maximum atomic E-state index is 12.5. The highest BCUT2D eigenvalue weighted by Gasteiger charge is 2.20. The number of esters is 1. The number of hydrogen-bond acceptors (Lipinski definition) is 5. The van der Waals surface area contributed by atoms with Crippen LogP contribution in [-0.4, -0.2) is 47.4 Å². The number of unbranched alkanes of at least 4 members (excludes halogenated alkanes) is 36. The van der Waals surface area contributed by atoms with Crippen molar-refractivity contribution < 1.29 is 24.5 Å². The summed E-state index contributed by atoms with van der Waals surface area (Å²) in [5.74, 6) is -0.137. The summed E-state index contributed by atoms with van der Waals surface area (Å²) in [6.07, 6.45) is 67.1. The van der Waals surface area contributed by atoms with Gasteiger partial charge in [-0.3, -0.25) is 9.59 Å². The second-order valence-corrected chi connectivity index (χ2v) is 19.6. The Hall–Kier alpha value is -1.92. The molecule has 0 saturated carbocycles. The topological polar surface area (TPSA) is 95.9 Å². The fraction of sp³-hybridized carbons (Fsp3) is 0.864. The molecular weight excluding hydrogens is 803 g/mol. The van der Waals surface area contributed by atoms with Gasteiger partial charge in [0.1, 0.15) is 0 Å². The molecule has 0 aromatic carbocycles. The molecule has 0 aromatic heterocycles. The average molecular weight is 915 g/mol. The van der Waals surface area contributed by atoms with E-state index in [1.165, 1.54) is 193 Å². The molecule has 0 fully saturated rings. The number of carbonyl (C=O) groups excluding carboxylic acids is 2. The Balaban J connectivity index is 3.53. The van der Waals surface area contributed by atoms with E-state index in [0.717, 1.165) is 77.0 Å². The third kappa shape index (κ3) is 51.3. The van der Waals surface area contributed by atoms with Gasteiger partial charge < -0.3 is 20.3 Å². The van der Waals surface area contributed by atoms with Crippen LogP contribution in [-0.2, 0) is 14.3 Å². The van der Waals surface area contributed by atoms with Crippen LogP contribution in [0.3, 0.4) is 0 Å². The van der Waals surface area contributed by atoms with E-state index < -0.39 is 12.1 Å². The molecule has 0 aliphatic heterocycles. The first-order valence-corrected chi connectivity index (χ1v) is 28.7. The first kappa shape index (κ1) is 63.1. The maximum absolute atomic E-state index is 12.5. The van der Waals surface area contributed by atoms with Crippen molar-refractivity contribution in [2.24, 2.45) is 0 Å². The van der Waals surface area contributed by atoms with Crippen LogP contribution in [0, 0.1) is 0 Å². The van der Waals surface area contributed by atoms with Crippen molar-refractivity contribution in [3.8, 4) is 0 Å². The van der Waals surface area contributed by atoms with Gasteiger partial charge in [0, 0.05) is 12.8 Å². The van der Waals surface area contributed by atoms with Crippen LogP contribution in [0.1, 0.15) is 303 Å². The van der Waals surface area contributed by atoms with Crippen LogP contribution >= 0.6 is 0 Å². The molecule has 0 aliphatic rings. The molecule has 0 aromatic rings. The number of rotatable bonds is 53. The predicted octanol–water partition coefficient (Wildman–Crippen LogP) is 17.6. The summed E-state index contributed by atoms with van der Waals surface area (Å²) >= 11 is 0. The van der Waals surface area contributed by atoms with Crippen LogP contribution in [0.2, 0.25) is 0 Å². The highest BCUT2D eigenvalue weighted by atomic mass is 16.5. The average Bonchev–Trinajstić information content (AvgIpc) is 3.31. The van der Waals surface area contributed by atoms with Crippen molar-refractivity contribution in [2.75, 3.05) is 13.2 Å². The zero-order valence-corrected chi connectivity index (χ0v) is 43.5. The molecule has 0 spiro atoms. The van der Waals surface area contributed by atoms with E-state index in [-0.39, 0.29) is 18.5 Å². The number of allylic oxidation sites excluding steroid dienone is 6. The number of nitrogens with one attached hydrogen (secondary N) is 1. The van der Waals surface area contributed by atoms with E-state index in [9.17, 15) is 19.8 Å². The number of hydrogen-bond donors (Lipinski definition) is 3. The Morgan fingerprint density at radius 1 is 0.431 bits per heavy atom. The molecule has 0 saturated heterocycles. The van der Waals surface area contributed by atoms with E-state index in [4.69, 9.17) is 4.74 Å². The van der Waals surface area contributed by atoms with Crippen LogP contribution in [0.25, 0.3) is 0 Å². The van der Waals surface area contributed by atoms with Crippen LogP contribution < -0.4 is 5.32 Å². The number of aliphatic hydroxyl groups is 2. The van der Waals surface area contributed by atoms with Crippen molar-refractivity contribution in [1.29, 1.82) is 0 Å². The van der Waals surface area contributed by atoms with Crippen molar-refractivity contribution in [1.82, 2.24) is 5.32 Å². The number of amides is 1. The van der Waals surface area contributed by atoms with Gasteiger partial charge in [-0.2, -0.15) is 0 Å². The summed E-state index contributed by atoms with van der Waals surface area (Å²) in [7, 11) is 0. The lowest BCUT2D eigenvalue weighted by atomic mass is 10.0. The van der Waals surface area contributed by atoms with Crippen molar-refractivity contribution in [2.45, 2.75) is 315 Å². The van der Waals surface area contributed by atoms with Crippen LogP contribution in [0.5, 0.6) is 0 Å². The fourth-order valence-electron chi connectivity index (χ4n) is 8.73. The van der Waals surface area contributed by atoms with Gasteiger partial charge in [0.15, 0.2) is 0 Å². The highest BCUT2D eigenvalue weighted by molar-refractivity contribution is 5.76. The lowest BCUT2D eigenvalue weighted by molar-refractivity contribution is -0.143. The zero-order valence-electron chi connectivity index (χ0n) is 43.5. The van der Waals surface area contributed by atoms with Crippen molar-refractivity contribution in [3.05, 3.63) is 36.5 Å². The lowest BCUT2D eigenvalue weighted by Gasteiger charge is -2.22. The van der Waals surface area contributed by atoms with Crippen molar-refractivity contribution >= 4 is 11.9 Å². The Bertz CT molecular complexity index is 1060. The van der Waals surface area contributed by atoms with Crippen molar-refractivity contribution in [3.63, 3.8) is 0 Å². The third-order valence-corrected chi connectivity index (χ3v) is 13.2. The minimum absolute atomic E-state index is 0.0425. The Morgan fingerprint density at radius 3 is 1.23 bits per heavy atom. The van der Waals surface area contributed by atoms with Gasteiger partial charge in [-0.15, -0.1) is 0 Å². The van der Waals surface area contributed by atoms with E-state index in [1.54, 1.807) is 0 Å². The molecule has 0 radical (unpaired) electrons. The maximum Gasteiger partial charge on any atom is 0.305 e.